The van der Waals surface area contributed by atoms with Crippen LogP contribution >= 0.6 is 0 Å². The minimum Gasteiger partial charge on any atom is -0.489 e. The van der Waals surface area contributed by atoms with E-state index < -0.39 is 0 Å². The molecule has 2 N–H and O–H groups in total. The molecule has 2 amide bonds. The van der Waals surface area contributed by atoms with E-state index >= 15 is 0 Å². The van der Waals surface area contributed by atoms with E-state index in [1.165, 1.54) is 5.56 Å². The number of rotatable bonds is 8. The molecule has 3 aromatic carbocycles. The first kappa shape index (κ1) is 18.5. The van der Waals surface area contributed by atoms with Crippen molar-refractivity contribution < 1.29 is 9.53 Å². The van der Waals surface area contributed by atoms with Gasteiger partial charge in [-0.15, -0.1) is 0 Å². The summed E-state index contributed by atoms with van der Waals surface area (Å²) in [5.74, 6) is 0.771. The summed E-state index contributed by atoms with van der Waals surface area (Å²) < 4.78 is 5.75. The predicted octanol–water partition coefficient (Wildman–Crippen LogP) is 5.02. The average molecular weight is 360 g/mol. The van der Waals surface area contributed by atoms with E-state index in [2.05, 4.69) is 22.8 Å². The van der Waals surface area contributed by atoms with Gasteiger partial charge in [0.2, 0.25) is 0 Å². The third-order valence-corrected chi connectivity index (χ3v) is 4.13. The molecule has 0 radical (unpaired) electrons. The smallest absolute Gasteiger partial charge is 0.319 e. The molecule has 0 heterocycles. The molecule has 0 saturated carbocycles. The first-order chi connectivity index (χ1) is 13.3. The van der Waals surface area contributed by atoms with Gasteiger partial charge >= 0.3 is 6.03 Å². The van der Waals surface area contributed by atoms with Crippen LogP contribution in [-0.4, -0.2) is 12.6 Å². The topological polar surface area (TPSA) is 50.4 Å². The zero-order valence-corrected chi connectivity index (χ0v) is 15.2. The molecule has 0 atom stereocenters. The Morgan fingerprint density at radius 2 is 1.41 bits per heavy atom. The summed E-state index contributed by atoms with van der Waals surface area (Å²) in [7, 11) is 0. The third kappa shape index (κ3) is 6.51. The molecule has 3 rings (SSSR count). The van der Waals surface area contributed by atoms with Crippen molar-refractivity contribution in [3.05, 3.63) is 96.1 Å². The Morgan fingerprint density at radius 3 is 2.07 bits per heavy atom. The summed E-state index contributed by atoms with van der Waals surface area (Å²) >= 11 is 0. The molecule has 3 aromatic rings. The summed E-state index contributed by atoms with van der Waals surface area (Å²) in [6.45, 7) is 1.16. The quantitative estimate of drug-likeness (QED) is 0.554. The van der Waals surface area contributed by atoms with Gasteiger partial charge in [0.05, 0.1) is 0 Å². The Labute approximate surface area is 160 Å². The second-order valence-corrected chi connectivity index (χ2v) is 6.27. The fraction of sp³-hybridized carbons (Fsp3) is 0.174. The maximum Gasteiger partial charge on any atom is 0.319 e. The molecule has 27 heavy (non-hydrogen) atoms. The molecule has 0 spiro atoms. The van der Waals surface area contributed by atoms with Gasteiger partial charge in [0, 0.05) is 12.2 Å². The number of urea groups is 1. The van der Waals surface area contributed by atoms with Crippen molar-refractivity contribution >= 4 is 11.7 Å². The fourth-order valence-corrected chi connectivity index (χ4v) is 2.69. The lowest BCUT2D eigenvalue weighted by molar-refractivity contribution is 0.252. The Kier molecular flexibility index (Phi) is 6.87. The third-order valence-electron chi connectivity index (χ3n) is 4.13. The molecule has 4 heteroatoms. The minimum atomic E-state index is -0.194. The largest absolute Gasteiger partial charge is 0.489 e. The van der Waals surface area contributed by atoms with Crippen molar-refractivity contribution in [2.45, 2.75) is 19.4 Å². The summed E-state index contributed by atoms with van der Waals surface area (Å²) in [4.78, 5) is 12.0. The van der Waals surface area contributed by atoms with E-state index in [1.807, 2.05) is 72.8 Å². The van der Waals surface area contributed by atoms with Gasteiger partial charge in [0.15, 0.2) is 0 Å². The number of ether oxygens (including phenoxy) is 1. The van der Waals surface area contributed by atoms with Gasteiger partial charge in [-0.25, -0.2) is 4.79 Å². The Bertz CT molecular complexity index is 818. The molecule has 0 aromatic heterocycles. The molecular formula is C23H24N2O2. The van der Waals surface area contributed by atoms with Crippen LogP contribution in [0.4, 0.5) is 10.5 Å². The van der Waals surface area contributed by atoms with Gasteiger partial charge in [-0.05, 0) is 48.2 Å². The first-order valence-electron chi connectivity index (χ1n) is 9.15. The molecule has 0 aliphatic carbocycles. The van der Waals surface area contributed by atoms with Gasteiger partial charge in [-0.2, -0.15) is 0 Å². The van der Waals surface area contributed by atoms with Crippen molar-refractivity contribution in [1.29, 1.82) is 0 Å². The zero-order chi connectivity index (χ0) is 18.7. The number of aryl methyl sites for hydroxylation is 1. The Morgan fingerprint density at radius 1 is 0.778 bits per heavy atom. The predicted molar refractivity (Wildman–Crippen MR) is 109 cm³/mol. The van der Waals surface area contributed by atoms with E-state index in [4.69, 9.17) is 4.74 Å². The first-order valence-corrected chi connectivity index (χ1v) is 9.15. The van der Waals surface area contributed by atoms with Crippen LogP contribution in [0.3, 0.4) is 0 Å². The van der Waals surface area contributed by atoms with Crippen molar-refractivity contribution in [3.63, 3.8) is 0 Å². The average Bonchev–Trinajstić information content (AvgIpc) is 2.72. The lowest BCUT2D eigenvalue weighted by Gasteiger charge is -2.09. The second kappa shape index (κ2) is 10.0. The SMILES string of the molecule is O=C(NCCCc1ccccc1)Nc1ccc(OCc2ccccc2)cc1. The number of hydrogen-bond donors (Lipinski definition) is 2. The normalized spacial score (nSPS) is 10.2. The van der Waals surface area contributed by atoms with Crippen LogP contribution < -0.4 is 15.4 Å². The van der Waals surface area contributed by atoms with Gasteiger partial charge in [-0.3, -0.25) is 0 Å². The van der Waals surface area contributed by atoms with Gasteiger partial charge < -0.3 is 15.4 Å². The van der Waals surface area contributed by atoms with Crippen LogP contribution in [0.25, 0.3) is 0 Å². The molecular weight excluding hydrogens is 336 g/mol. The lowest BCUT2D eigenvalue weighted by Crippen LogP contribution is -2.29. The molecule has 0 unspecified atom stereocenters. The van der Waals surface area contributed by atoms with E-state index in [9.17, 15) is 4.79 Å². The van der Waals surface area contributed by atoms with Gasteiger partial charge in [-0.1, -0.05) is 60.7 Å². The van der Waals surface area contributed by atoms with Crippen LogP contribution in [0.15, 0.2) is 84.9 Å². The molecule has 4 nitrogen and oxygen atoms in total. The van der Waals surface area contributed by atoms with Crippen LogP contribution in [-0.2, 0) is 13.0 Å². The Balaban J connectivity index is 1.36. The molecule has 0 saturated heterocycles. The number of carbonyl (C=O) groups excluding carboxylic acids is 1. The number of carbonyl (C=O) groups is 1. The summed E-state index contributed by atoms with van der Waals surface area (Å²) in [5.41, 5.74) is 3.14. The zero-order valence-electron chi connectivity index (χ0n) is 15.2. The van der Waals surface area contributed by atoms with Crippen molar-refractivity contribution in [1.82, 2.24) is 5.32 Å². The number of hydrogen-bond acceptors (Lipinski definition) is 2. The second-order valence-electron chi connectivity index (χ2n) is 6.27. The minimum absolute atomic E-state index is 0.194. The molecule has 0 fully saturated rings. The lowest BCUT2D eigenvalue weighted by atomic mass is 10.1. The maximum absolute atomic E-state index is 12.0. The van der Waals surface area contributed by atoms with Gasteiger partial charge in [0.25, 0.3) is 0 Å². The highest BCUT2D eigenvalue weighted by molar-refractivity contribution is 5.89. The summed E-state index contributed by atoms with van der Waals surface area (Å²) in [6, 6.07) is 27.5. The van der Waals surface area contributed by atoms with Crippen LogP contribution in [0.1, 0.15) is 17.5 Å². The van der Waals surface area contributed by atoms with Gasteiger partial charge in [0.1, 0.15) is 12.4 Å². The van der Waals surface area contributed by atoms with E-state index in [-0.39, 0.29) is 6.03 Å². The summed E-state index contributed by atoms with van der Waals surface area (Å²) in [6.07, 6.45) is 1.86. The molecule has 0 aliphatic heterocycles. The molecule has 0 bridgehead atoms. The van der Waals surface area contributed by atoms with Crippen molar-refractivity contribution in [2.75, 3.05) is 11.9 Å². The number of amides is 2. The standard InChI is InChI=1S/C23H24N2O2/c26-23(24-17-7-12-19-8-3-1-4-9-19)25-21-13-15-22(16-14-21)27-18-20-10-5-2-6-11-20/h1-6,8-11,13-16H,7,12,17-18H2,(H2,24,25,26). The van der Waals surface area contributed by atoms with E-state index in [0.29, 0.717) is 13.2 Å². The fourth-order valence-electron chi connectivity index (χ4n) is 2.69. The van der Waals surface area contributed by atoms with Crippen molar-refractivity contribution in [3.8, 4) is 5.75 Å². The molecule has 138 valence electrons. The Hall–Kier alpha value is -3.27. The van der Waals surface area contributed by atoms with E-state index in [0.717, 1.165) is 29.8 Å². The number of nitrogens with one attached hydrogen (secondary N) is 2. The van der Waals surface area contributed by atoms with Crippen LogP contribution in [0.5, 0.6) is 5.75 Å². The monoisotopic (exact) mass is 360 g/mol. The maximum atomic E-state index is 12.0. The van der Waals surface area contributed by atoms with Crippen molar-refractivity contribution in [2.24, 2.45) is 0 Å². The highest BCUT2D eigenvalue weighted by atomic mass is 16.5. The molecule has 0 aliphatic rings. The van der Waals surface area contributed by atoms with E-state index in [1.54, 1.807) is 0 Å². The highest BCUT2D eigenvalue weighted by Crippen LogP contribution is 2.17. The summed E-state index contributed by atoms with van der Waals surface area (Å²) in [5, 5.41) is 5.72. The highest BCUT2D eigenvalue weighted by Gasteiger charge is 2.02. The number of benzene rings is 3. The number of anilines is 1. The van der Waals surface area contributed by atoms with Crippen LogP contribution in [0.2, 0.25) is 0 Å². The van der Waals surface area contributed by atoms with Crippen LogP contribution in [0, 0.1) is 0 Å².